The molecule has 4 rings (SSSR count). The van der Waals surface area contributed by atoms with E-state index in [2.05, 4.69) is 15.5 Å². The van der Waals surface area contributed by atoms with E-state index in [9.17, 15) is 18.7 Å². The highest BCUT2D eigenvalue weighted by atomic mass is 19.1. The maximum atomic E-state index is 13.9. The van der Waals surface area contributed by atoms with Gasteiger partial charge in [-0.05, 0) is 51.3 Å². The largest absolute Gasteiger partial charge is 0.504 e. The first-order chi connectivity index (χ1) is 17.5. The summed E-state index contributed by atoms with van der Waals surface area (Å²) >= 11 is 0. The van der Waals surface area contributed by atoms with Gasteiger partial charge in [0, 0.05) is 36.7 Å². The molecule has 0 saturated carbocycles. The van der Waals surface area contributed by atoms with Gasteiger partial charge in [0.15, 0.2) is 17.4 Å². The number of piperidine rings is 1. The molecule has 1 aliphatic heterocycles. The van der Waals surface area contributed by atoms with Crippen LogP contribution in [-0.4, -0.2) is 46.6 Å². The molecule has 4 N–H and O–H groups in total. The second-order valence-corrected chi connectivity index (χ2v) is 10.3. The van der Waals surface area contributed by atoms with E-state index in [1.807, 2.05) is 56.0 Å². The van der Waals surface area contributed by atoms with Gasteiger partial charge in [-0.25, -0.2) is 13.6 Å². The van der Waals surface area contributed by atoms with Crippen LogP contribution in [0.5, 0.6) is 5.75 Å². The molecule has 0 atom stereocenters. The quantitative estimate of drug-likeness (QED) is 0.452. The predicted octanol–water partition coefficient (Wildman–Crippen LogP) is 4.77. The minimum Gasteiger partial charge on any atom is -0.504 e. The molecule has 1 saturated heterocycles. The molecule has 1 aliphatic rings. The van der Waals surface area contributed by atoms with E-state index in [1.54, 1.807) is 6.07 Å². The van der Waals surface area contributed by atoms with E-state index in [0.29, 0.717) is 44.2 Å². The van der Waals surface area contributed by atoms with Crippen LogP contribution in [0.1, 0.15) is 39.2 Å². The zero-order valence-electron chi connectivity index (χ0n) is 21.1. The average Bonchev–Trinajstić information content (AvgIpc) is 2.85. The lowest BCUT2D eigenvalue weighted by Crippen LogP contribution is -2.49. The number of rotatable bonds is 5. The van der Waals surface area contributed by atoms with Crippen molar-refractivity contribution in [3.63, 3.8) is 0 Å². The number of nitrogens with two attached hydrogens (primary N) is 1. The van der Waals surface area contributed by atoms with Gasteiger partial charge in [0.05, 0.1) is 11.4 Å². The number of carbonyl (C=O) groups excluding carboxylic acids is 1. The van der Waals surface area contributed by atoms with Gasteiger partial charge in [-0.3, -0.25) is 0 Å². The molecule has 10 heteroatoms. The van der Waals surface area contributed by atoms with Crippen LogP contribution >= 0.6 is 0 Å². The van der Waals surface area contributed by atoms with Gasteiger partial charge in [0.1, 0.15) is 11.4 Å². The third-order valence-corrected chi connectivity index (χ3v) is 6.52. The summed E-state index contributed by atoms with van der Waals surface area (Å²) in [6.07, 6.45) is 0.896. The predicted molar refractivity (Wildman–Crippen MR) is 137 cm³/mol. The first-order valence-electron chi connectivity index (χ1n) is 12.1. The number of hydrogen-bond donors (Lipinski definition) is 3. The Morgan fingerprint density at radius 1 is 1.14 bits per heavy atom. The fourth-order valence-electron chi connectivity index (χ4n) is 4.63. The molecule has 0 spiro atoms. The van der Waals surface area contributed by atoms with Gasteiger partial charge >= 0.3 is 6.09 Å². The van der Waals surface area contributed by atoms with Gasteiger partial charge in [0.2, 0.25) is 0 Å². The van der Waals surface area contributed by atoms with Crippen molar-refractivity contribution in [2.24, 2.45) is 0 Å². The number of carbonyl (C=O) groups is 1. The number of aromatic nitrogens is 2. The Kier molecular flexibility index (Phi) is 7.20. The van der Waals surface area contributed by atoms with Crippen molar-refractivity contribution in [1.29, 1.82) is 0 Å². The van der Waals surface area contributed by atoms with Crippen molar-refractivity contribution in [2.75, 3.05) is 30.3 Å². The van der Waals surface area contributed by atoms with Crippen molar-refractivity contribution in [3.8, 4) is 17.0 Å². The number of hydrogen-bond acceptors (Lipinski definition) is 7. The van der Waals surface area contributed by atoms with Gasteiger partial charge in [0.25, 0.3) is 0 Å². The van der Waals surface area contributed by atoms with Gasteiger partial charge in [-0.1, -0.05) is 30.3 Å². The number of anilines is 2. The molecule has 1 fully saturated rings. The summed E-state index contributed by atoms with van der Waals surface area (Å²) in [7, 11) is 0. The van der Waals surface area contributed by atoms with Crippen molar-refractivity contribution < 1.29 is 23.4 Å². The number of nitrogen functional groups attached to an aromatic ring is 1. The topological polar surface area (TPSA) is 114 Å². The highest BCUT2D eigenvalue weighted by Gasteiger charge is 2.37. The SMILES string of the molecule is CC(C)(C)OC(=O)NCC1(c2ccccc2)CCN(c2cc(-c3cc(F)cc(F)c3O)nnc2N)CC1. The zero-order chi connectivity index (χ0) is 26.8. The van der Waals surface area contributed by atoms with Crippen LogP contribution in [0.25, 0.3) is 11.3 Å². The molecule has 1 aromatic heterocycles. The van der Waals surface area contributed by atoms with Gasteiger partial charge in [-0.2, -0.15) is 0 Å². The Morgan fingerprint density at radius 2 is 1.81 bits per heavy atom. The highest BCUT2D eigenvalue weighted by Crippen LogP contribution is 2.39. The van der Waals surface area contributed by atoms with Crippen molar-refractivity contribution in [2.45, 2.75) is 44.6 Å². The minimum atomic E-state index is -1.08. The molecule has 2 aromatic carbocycles. The van der Waals surface area contributed by atoms with E-state index >= 15 is 0 Å². The number of nitrogens with zero attached hydrogens (tertiary/aromatic N) is 3. The molecule has 1 amide bonds. The lowest BCUT2D eigenvalue weighted by atomic mass is 9.72. The number of nitrogens with one attached hydrogen (secondary N) is 1. The van der Waals surface area contributed by atoms with Crippen LogP contribution in [-0.2, 0) is 10.2 Å². The summed E-state index contributed by atoms with van der Waals surface area (Å²) in [5.41, 5.74) is 6.85. The fraction of sp³-hybridized carbons (Fsp3) is 0.370. The number of alkyl carbamates (subject to hydrolysis) is 1. The molecule has 2 heterocycles. The Morgan fingerprint density at radius 3 is 2.46 bits per heavy atom. The number of amides is 1. The lowest BCUT2D eigenvalue weighted by Gasteiger charge is -2.43. The van der Waals surface area contributed by atoms with E-state index in [-0.39, 0.29) is 22.5 Å². The molecule has 3 aromatic rings. The molecule has 8 nitrogen and oxygen atoms in total. The summed E-state index contributed by atoms with van der Waals surface area (Å²) in [6.45, 7) is 6.99. The monoisotopic (exact) mass is 511 g/mol. The van der Waals surface area contributed by atoms with Crippen LogP contribution in [0.4, 0.5) is 25.1 Å². The normalized spacial score (nSPS) is 15.3. The van der Waals surface area contributed by atoms with Crippen LogP contribution in [0.3, 0.4) is 0 Å². The maximum absolute atomic E-state index is 13.9. The maximum Gasteiger partial charge on any atom is 0.407 e. The minimum absolute atomic E-state index is 0.103. The highest BCUT2D eigenvalue weighted by molar-refractivity contribution is 5.74. The van der Waals surface area contributed by atoms with Crippen LogP contribution in [0, 0.1) is 11.6 Å². The molecule has 0 unspecified atom stereocenters. The summed E-state index contributed by atoms with van der Waals surface area (Å²) in [5.74, 6) is -2.47. The van der Waals surface area contributed by atoms with Crippen LogP contribution < -0.4 is 16.0 Å². The Hall–Kier alpha value is -3.95. The fourth-order valence-corrected chi connectivity index (χ4v) is 4.63. The Bertz CT molecular complexity index is 1270. The number of phenolic OH excluding ortho intramolecular Hbond substituents is 1. The number of aromatic hydroxyl groups is 1. The van der Waals surface area contributed by atoms with Crippen LogP contribution in [0.2, 0.25) is 0 Å². The first kappa shape index (κ1) is 26.1. The van der Waals surface area contributed by atoms with E-state index in [1.165, 1.54) is 0 Å². The summed E-state index contributed by atoms with van der Waals surface area (Å²) < 4.78 is 33.2. The summed E-state index contributed by atoms with van der Waals surface area (Å²) in [5, 5.41) is 21.0. The Labute approximate surface area is 214 Å². The number of phenols is 1. The van der Waals surface area contributed by atoms with Crippen molar-refractivity contribution in [3.05, 3.63) is 65.7 Å². The van der Waals surface area contributed by atoms with Crippen molar-refractivity contribution in [1.82, 2.24) is 15.5 Å². The third-order valence-electron chi connectivity index (χ3n) is 6.52. The smallest absolute Gasteiger partial charge is 0.407 e. The third kappa shape index (κ3) is 5.90. The zero-order valence-corrected chi connectivity index (χ0v) is 21.1. The number of benzene rings is 2. The number of halogens is 2. The molecule has 196 valence electrons. The van der Waals surface area contributed by atoms with Crippen LogP contribution in [0.15, 0.2) is 48.5 Å². The standard InChI is InChI=1S/C27H31F2N5O3/c1-26(2,3)37-25(36)31-16-27(17-7-5-4-6-8-17)9-11-34(12-10-27)22-15-21(32-33-24(22)30)19-13-18(28)14-20(29)23(19)35/h4-8,13-15,35H,9-12,16H2,1-3H3,(H2,30,33)(H,31,36). The molecule has 0 bridgehead atoms. The molecule has 0 aliphatic carbocycles. The van der Waals surface area contributed by atoms with E-state index in [0.717, 1.165) is 11.6 Å². The van der Waals surface area contributed by atoms with E-state index < -0.39 is 29.1 Å². The van der Waals surface area contributed by atoms with Gasteiger partial charge < -0.3 is 25.8 Å². The van der Waals surface area contributed by atoms with E-state index in [4.69, 9.17) is 10.5 Å². The summed E-state index contributed by atoms with van der Waals surface area (Å²) in [6, 6.07) is 13.2. The van der Waals surface area contributed by atoms with Gasteiger partial charge in [-0.15, -0.1) is 10.2 Å². The second-order valence-electron chi connectivity index (χ2n) is 10.3. The first-order valence-corrected chi connectivity index (χ1v) is 12.1. The molecular weight excluding hydrogens is 480 g/mol. The summed E-state index contributed by atoms with van der Waals surface area (Å²) in [4.78, 5) is 14.4. The van der Waals surface area contributed by atoms with Crippen molar-refractivity contribution >= 4 is 17.6 Å². The average molecular weight is 512 g/mol. The Balaban J connectivity index is 1.57. The lowest BCUT2D eigenvalue weighted by molar-refractivity contribution is 0.0510. The second kappa shape index (κ2) is 10.2. The molecule has 37 heavy (non-hydrogen) atoms. The molecular formula is C27H31F2N5O3. The molecule has 0 radical (unpaired) electrons. The number of ether oxygens (including phenoxy) is 1.